The Hall–Kier alpha value is -2.57. The molecule has 0 aromatic carbocycles. The highest BCUT2D eigenvalue weighted by molar-refractivity contribution is 5.92. The van der Waals surface area contributed by atoms with Gasteiger partial charge in [0.25, 0.3) is 5.91 Å². The smallest absolute Gasteiger partial charge is 0.339 e. The lowest BCUT2D eigenvalue weighted by molar-refractivity contribution is 0.0694. The molecule has 0 saturated heterocycles. The van der Waals surface area contributed by atoms with Gasteiger partial charge in [0.15, 0.2) is 5.69 Å². The summed E-state index contributed by atoms with van der Waals surface area (Å²) < 4.78 is 10.0. The maximum absolute atomic E-state index is 11.7. The summed E-state index contributed by atoms with van der Waals surface area (Å²) in [6.07, 6.45) is 0. The van der Waals surface area contributed by atoms with Crippen molar-refractivity contribution in [3.05, 3.63) is 40.7 Å². The summed E-state index contributed by atoms with van der Waals surface area (Å²) in [6, 6.07) is 2.89. The van der Waals surface area contributed by atoms with Gasteiger partial charge in [0.05, 0.1) is 6.54 Å². The lowest BCUT2D eigenvalue weighted by Gasteiger charge is -1.98. The van der Waals surface area contributed by atoms with Crippen molar-refractivity contribution < 1.29 is 23.6 Å². The highest BCUT2D eigenvalue weighted by Crippen LogP contribution is 2.14. The molecule has 0 aliphatic heterocycles. The highest BCUT2D eigenvalue weighted by Gasteiger charge is 2.15. The Labute approximate surface area is 108 Å². The van der Waals surface area contributed by atoms with Gasteiger partial charge in [-0.1, -0.05) is 5.16 Å². The van der Waals surface area contributed by atoms with E-state index in [-0.39, 0.29) is 17.8 Å². The fourth-order valence-corrected chi connectivity index (χ4v) is 1.57. The van der Waals surface area contributed by atoms with Crippen LogP contribution in [0.3, 0.4) is 0 Å². The molecule has 0 atom stereocenters. The summed E-state index contributed by atoms with van der Waals surface area (Å²) in [4.78, 5) is 22.5. The molecule has 0 saturated carbocycles. The van der Waals surface area contributed by atoms with Crippen LogP contribution in [-0.2, 0) is 6.54 Å². The molecule has 2 aromatic heterocycles. The van der Waals surface area contributed by atoms with Crippen molar-refractivity contribution in [1.82, 2.24) is 10.5 Å². The molecule has 0 spiro atoms. The third-order valence-electron chi connectivity index (χ3n) is 2.48. The molecule has 7 nitrogen and oxygen atoms in total. The minimum Gasteiger partial charge on any atom is -0.478 e. The van der Waals surface area contributed by atoms with Crippen LogP contribution in [0.25, 0.3) is 0 Å². The zero-order chi connectivity index (χ0) is 14.0. The van der Waals surface area contributed by atoms with Gasteiger partial charge in [-0.2, -0.15) is 0 Å². The monoisotopic (exact) mass is 264 g/mol. The number of carboxylic acid groups (broad SMARTS) is 1. The van der Waals surface area contributed by atoms with E-state index in [9.17, 15) is 9.59 Å². The average molecular weight is 264 g/mol. The molecule has 1 amide bonds. The average Bonchev–Trinajstić information content (AvgIpc) is 2.92. The number of aromatic carboxylic acids is 1. The molecule has 7 heteroatoms. The van der Waals surface area contributed by atoms with Gasteiger partial charge in [-0.05, 0) is 19.9 Å². The number of carbonyl (C=O) groups is 2. The second-order valence-electron chi connectivity index (χ2n) is 3.99. The zero-order valence-corrected chi connectivity index (χ0v) is 10.4. The molecule has 0 unspecified atom stereocenters. The largest absolute Gasteiger partial charge is 0.478 e. The SMILES string of the molecule is Cc1cc(C(=O)NCc2cc(C(=O)O)c(C)o2)no1. The Morgan fingerprint density at radius 1 is 1.37 bits per heavy atom. The Morgan fingerprint density at radius 3 is 2.63 bits per heavy atom. The van der Waals surface area contributed by atoms with Gasteiger partial charge in [0.1, 0.15) is 22.8 Å². The summed E-state index contributed by atoms with van der Waals surface area (Å²) in [5.74, 6) is -0.279. The molecule has 0 aliphatic rings. The predicted molar refractivity (Wildman–Crippen MR) is 62.8 cm³/mol. The molecule has 0 radical (unpaired) electrons. The van der Waals surface area contributed by atoms with Crippen LogP contribution >= 0.6 is 0 Å². The minimum absolute atomic E-state index is 0.0822. The van der Waals surface area contributed by atoms with E-state index in [0.29, 0.717) is 17.3 Å². The van der Waals surface area contributed by atoms with E-state index in [4.69, 9.17) is 14.0 Å². The normalized spacial score (nSPS) is 10.4. The van der Waals surface area contributed by atoms with Crippen molar-refractivity contribution in [3.8, 4) is 0 Å². The number of hydrogen-bond donors (Lipinski definition) is 2. The van der Waals surface area contributed by atoms with Crippen molar-refractivity contribution in [2.75, 3.05) is 0 Å². The lowest BCUT2D eigenvalue weighted by Crippen LogP contribution is -2.22. The van der Waals surface area contributed by atoms with Gasteiger partial charge < -0.3 is 19.4 Å². The summed E-state index contributed by atoms with van der Waals surface area (Å²) in [5.41, 5.74) is 0.251. The second kappa shape index (κ2) is 4.97. The van der Waals surface area contributed by atoms with E-state index < -0.39 is 11.9 Å². The van der Waals surface area contributed by atoms with Crippen LogP contribution in [0, 0.1) is 13.8 Å². The van der Waals surface area contributed by atoms with Crippen molar-refractivity contribution in [3.63, 3.8) is 0 Å². The number of nitrogens with one attached hydrogen (secondary N) is 1. The summed E-state index contributed by atoms with van der Waals surface area (Å²) >= 11 is 0. The lowest BCUT2D eigenvalue weighted by atomic mass is 10.2. The van der Waals surface area contributed by atoms with Crippen molar-refractivity contribution in [2.24, 2.45) is 0 Å². The van der Waals surface area contributed by atoms with Crippen LogP contribution in [0.1, 0.15) is 38.1 Å². The van der Waals surface area contributed by atoms with Gasteiger partial charge in [-0.15, -0.1) is 0 Å². The summed E-state index contributed by atoms with van der Waals surface area (Å²) in [5, 5.41) is 15.0. The number of carbonyl (C=O) groups excluding carboxylic acids is 1. The molecule has 0 fully saturated rings. The Balaban J connectivity index is 2.01. The van der Waals surface area contributed by atoms with Crippen molar-refractivity contribution in [2.45, 2.75) is 20.4 Å². The summed E-state index contributed by atoms with van der Waals surface area (Å²) in [6.45, 7) is 3.31. The van der Waals surface area contributed by atoms with Gasteiger partial charge >= 0.3 is 5.97 Å². The maximum atomic E-state index is 11.7. The van der Waals surface area contributed by atoms with Crippen LogP contribution in [0.5, 0.6) is 0 Å². The molecule has 0 bridgehead atoms. The first-order valence-electron chi connectivity index (χ1n) is 5.51. The van der Waals surface area contributed by atoms with Crippen LogP contribution in [0.4, 0.5) is 0 Å². The third-order valence-corrected chi connectivity index (χ3v) is 2.48. The number of furan rings is 1. The van der Waals surface area contributed by atoms with E-state index in [1.165, 1.54) is 12.1 Å². The number of amides is 1. The first-order valence-corrected chi connectivity index (χ1v) is 5.51. The number of aromatic nitrogens is 1. The number of hydrogen-bond acceptors (Lipinski definition) is 5. The van der Waals surface area contributed by atoms with Crippen LogP contribution in [-0.4, -0.2) is 22.1 Å². The Kier molecular flexibility index (Phi) is 3.37. The van der Waals surface area contributed by atoms with E-state index in [2.05, 4.69) is 10.5 Å². The van der Waals surface area contributed by atoms with Gasteiger partial charge in [-0.25, -0.2) is 4.79 Å². The predicted octanol–water partition coefficient (Wildman–Crippen LogP) is 1.51. The first kappa shape index (κ1) is 12.9. The maximum Gasteiger partial charge on any atom is 0.339 e. The highest BCUT2D eigenvalue weighted by atomic mass is 16.5. The van der Waals surface area contributed by atoms with Gasteiger partial charge in [0.2, 0.25) is 0 Å². The van der Waals surface area contributed by atoms with Crippen LogP contribution < -0.4 is 5.32 Å². The minimum atomic E-state index is -1.06. The van der Waals surface area contributed by atoms with Gasteiger partial charge in [-0.3, -0.25) is 4.79 Å². The number of aryl methyl sites for hydroxylation is 2. The molecule has 19 heavy (non-hydrogen) atoms. The second-order valence-corrected chi connectivity index (χ2v) is 3.99. The van der Waals surface area contributed by atoms with Crippen LogP contribution in [0.2, 0.25) is 0 Å². The van der Waals surface area contributed by atoms with E-state index in [0.717, 1.165) is 0 Å². The number of nitrogens with zero attached hydrogens (tertiary/aromatic N) is 1. The molecule has 100 valence electrons. The van der Waals surface area contributed by atoms with Gasteiger partial charge in [0, 0.05) is 6.07 Å². The number of rotatable bonds is 4. The number of carboxylic acids is 1. The molecule has 2 rings (SSSR count). The third kappa shape index (κ3) is 2.82. The zero-order valence-electron chi connectivity index (χ0n) is 10.4. The topological polar surface area (TPSA) is 106 Å². The Morgan fingerprint density at radius 2 is 2.11 bits per heavy atom. The van der Waals surface area contributed by atoms with Crippen molar-refractivity contribution in [1.29, 1.82) is 0 Å². The standard InChI is InChI=1S/C12H12N2O5/c1-6-3-10(14-19-6)11(15)13-5-8-4-9(12(16)17)7(2)18-8/h3-4H,5H2,1-2H3,(H,13,15)(H,16,17). The Bertz CT molecular complexity index is 626. The van der Waals surface area contributed by atoms with Crippen molar-refractivity contribution >= 4 is 11.9 Å². The molecule has 2 aromatic rings. The van der Waals surface area contributed by atoms with E-state index in [1.807, 2.05) is 0 Å². The molecular weight excluding hydrogens is 252 g/mol. The summed E-state index contributed by atoms with van der Waals surface area (Å²) in [7, 11) is 0. The van der Waals surface area contributed by atoms with E-state index in [1.54, 1.807) is 13.8 Å². The first-order chi connectivity index (χ1) is 8.97. The fraction of sp³-hybridized carbons (Fsp3) is 0.250. The fourth-order valence-electron chi connectivity index (χ4n) is 1.57. The quantitative estimate of drug-likeness (QED) is 0.867. The molecular formula is C12H12N2O5. The molecule has 0 aliphatic carbocycles. The molecule has 2 N–H and O–H groups in total. The van der Waals surface area contributed by atoms with Crippen LogP contribution in [0.15, 0.2) is 21.1 Å². The van der Waals surface area contributed by atoms with E-state index >= 15 is 0 Å². The molecule has 2 heterocycles.